The van der Waals surface area contributed by atoms with Crippen molar-refractivity contribution in [1.29, 1.82) is 0 Å². The molecule has 8 nitrogen and oxygen atoms in total. The lowest BCUT2D eigenvalue weighted by Crippen LogP contribution is -2.56. The molecule has 36 heavy (non-hydrogen) atoms. The van der Waals surface area contributed by atoms with Gasteiger partial charge < -0.3 is 19.1 Å². The summed E-state index contributed by atoms with van der Waals surface area (Å²) in [5.74, 6) is 0.825. The number of unbranched alkanes of at least 4 members (excludes halogenated alkanes) is 1. The number of likely N-dealkylation sites (tertiary alicyclic amines) is 2. The molecular formula is C28H45N5O3. The van der Waals surface area contributed by atoms with Crippen molar-refractivity contribution >= 4 is 12.0 Å². The molecular weight excluding hydrogens is 454 g/mol. The zero-order valence-corrected chi connectivity index (χ0v) is 22.2. The number of aromatic nitrogens is 2. The molecule has 0 aromatic carbocycles. The van der Waals surface area contributed by atoms with Gasteiger partial charge in [-0.2, -0.15) is 0 Å². The molecule has 0 bridgehead atoms. The van der Waals surface area contributed by atoms with Crippen LogP contribution in [0.25, 0.3) is 0 Å². The summed E-state index contributed by atoms with van der Waals surface area (Å²) in [7, 11) is 0. The zero-order valence-electron chi connectivity index (χ0n) is 22.2. The van der Waals surface area contributed by atoms with Crippen molar-refractivity contribution < 1.29 is 14.3 Å². The van der Waals surface area contributed by atoms with E-state index in [1.165, 1.54) is 32.1 Å². The summed E-state index contributed by atoms with van der Waals surface area (Å²) in [4.78, 5) is 36.6. The van der Waals surface area contributed by atoms with E-state index in [9.17, 15) is 9.59 Å². The first kappa shape index (κ1) is 25.6. The molecule has 4 heterocycles. The first-order valence-corrected chi connectivity index (χ1v) is 14.5. The van der Waals surface area contributed by atoms with Crippen molar-refractivity contribution in [2.45, 2.75) is 108 Å². The third-order valence-electron chi connectivity index (χ3n) is 9.37. The molecule has 1 saturated carbocycles. The van der Waals surface area contributed by atoms with Gasteiger partial charge in [-0.15, -0.1) is 0 Å². The Morgan fingerprint density at radius 3 is 2.50 bits per heavy atom. The smallest absolute Gasteiger partial charge is 0.410 e. The Bertz CT molecular complexity index is 853. The van der Waals surface area contributed by atoms with E-state index in [0.29, 0.717) is 18.5 Å². The second kappa shape index (κ2) is 11.5. The number of hydrogen-bond acceptors (Lipinski definition) is 5. The zero-order chi connectivity index (χ0) is 25.0. The van der Waals surface area contributed by atoms with Crippen LogP contribution in [0.2, 0.25) is 0 Å². The molecule has 1 aromatic rings. The molecule has 4 fully saturated rings. The summed E-state index contributed by atoms with van der Waals surface area (Å²) in [6, 6.07) is 0.751. The Balaban J connectivity index is 1.15. The van der Waals surface area contributed by atoms with E-state index in [1.54, 1.807) is 12.5 Å². The normalized spacial score (nSPS) is 26.0. The van der Waals surface area contributed by atoms with E-state index in [-0.39, 0.29) is 23.6 Å². The number of hydrogen-bond donors (Lipinski definition) is 0. The number of ether oxygens (including phenoxy) is 1. The number of nitrogens with zero attached hydrogens (tertiary/aromatic N) is 5. The van der Waals surface area contributed by atoms with Gasteiger partial charge in [-0.25, -0.2) is 9.78 Å². The molecule has 1 spiro atoms. The van der Waals surface area contributed by atoms with Crippen LogP contribution in [-0.2, 0) is 16.1 Å². The van der Waals surface area contributed by atoms with E-state index in [4.69, 9.17) is 4.74 Å². The molecule has 1 aliphatic carbocycles. The lowest BCUT2D eigenvalue weighted by molar-refractivity contribution is -0.133. The van der Waals surface area contributed by atoms with Crippen LogP contribution < -0.4 is 0 Å². The van der Waals surface area contributed by atoms with Crippen LogP contribution >= 0.6 is 0 Å². The number of piperidine rings is 2. The Morgan fingerprint density at radius 1 is 1.08 bits per heavy atom. The maximum absolute atomic E-state index is 13.1. The highest BCUT2D eigenvalue weighted by atomic mass is 16.6. The van der Waals surface area contributed by atoms with Crippen LogP contribution in [0.1, 0.15) is 84.0 Å². The van der Waals surface area contributed by atoms with Gasteiger partial charge in [0.25, 0.3) is 0 Å². The third-order valence-corrected chi connectivity index (χ3v) is 9.37. The third kappa shape index (κ3) is 5.58. The Labute approximate surface area is 216 Å². The van der Waals surface area contributed by atoms with Crippen LogP contribution in [-0.4, -0.2) is 86.7 Å². The quantitative estimate of drug-likeness (QED) is 0.533. The van der Waals surface area contributed by atoms with Crippen molar-refractivity contribution in [3.8, 4) is 0 Å². The minimum absolute atomic E-state index is 0.0557. The monoisotopic (exact) mass is 499 g/mol. The predicted octanol–water partition coefficient (Wildman–Crippen LogP) is 4.30. The summed E-state index contributed by atoms with van der Waals surface area (Å²) in [5.41, 5.74) is -0.307. The standard InChI is InChI=1S/C28H45N5O3/c1-2-3-9-25-28(36-27(35)33(25)20-23-7-5-4-6-8-23)12-17-31(18-13-28)24-10-15-32(16-11-24)26(34)21-30-19-14-29-22-30/h14,19,22-25H,2-13,15-18,20-21H2,1H3. The number of carbonyl (C=O) groups excluding carboxylic acids is 2. The van der Waals surface area contributed by atoms with Gasteiger partial charge in [0.15, 0.2) is 0 Å². The molecule has 200 valence electrons. The first-order chi connectivity index (χ1) is 17.6. The maximum Gasteiger partial charge on any atom is 0.410 e. The van der Waals surface area contributed by atoms with Gasteiger partial charge in [0.1, 0.15) is 12.1 Å². The molecule has 1 unspecified atom stereocenters. The fourth-order valence-corrected chi connectivity index (χ4v) is 7.20. The fourth-order valence-electron chi connectivity index (χ4n) is 7.20. The molecule has 8 heteroatoms. The summed E-state index contributed by atoms with van der Waals surface area (Å²) in [6.45, 7) is 7.13. The van der Waals surface area contributed by atoms with Gasteiger partial charge in [-0.1, -0.05) is 39.0 Å². The van der Waals surface area contributed by atoms with Gasteiger partial charge in [0.05, 0.1) is 12.4 Å². The molecule has 4 aliphatic rings. The van der Waals surface area contributed by atoms with Crippen LogP contribution in [0.5, 0.6) is 0 Å². The van der Waals surface area contributed by atoms with Crippen LogP contribution in [0, 0.1) is 5.92 Å². The summed E-state index contributed by atoms with van der Waals surface area (Å²) < 4.78 is 8.13. The topological polar surface area (TPSA) is 70.9 Å². The maximum atomic E-state index is 13.1. The molecule has 3 saturated heterocycles. The Hall–Kier alpha value is -2.09. The highest BCUT2D eigenvalue weighted by Crippen LogP contribution is 2.42. The summed E-state index contributed by atoms with van der Waals surface area (Å²) in [5, 5.41) is 0. The lowest BCUT2D eigenvalue weighted by Gasteiger charge is -2.46. The van der Waals surface area contributed by atoms with Crippen molar-refractivity contribution in [1.82, 2.24) is 24.3 Å². The number of rotatable bonds is 8. The second-order valence-electron chi connectivity index (χ2n) is 11.6. The average Bonchev–Trinajstić information content (AvgIpc) is 3.50. The van der Waals surface area contributed by atoms with Gasteiger partial charge in [0.2, 0.25) is 5.91 Å². The number of imidazole rings is 1. The van der Waals surface area contributed by atoms with Crippen molar-refractivity contribution in [3.63, 3.8) is 0 Å². The van der Waals surface area contributed by atoms with Gasteiger partial charge in [-0.3, -0.25) is 9.69 Å². The first-order valence-electron chi connectivity index (χ1n) is 14.5. The van der Waals surface area contributed by atoms with Crippen molar-refractivity contribution in [2.24, 2.45) is 5.92 Å². The Morgan fingerprint density at radius 2 is 1.83 bits per heavy atom. The molecule has 0 N–H and O–H groups in total. The van der Waals surface area contributed by atoms with Gasteiger partial charge in [0, 0.05) is 64.0 Å². The highest BCUT2D eigenvalue weighted by molar-refractivity contribution is 5.76. The summed E-state index contributed by atoms with van der Waals surface area (Å²) in [6.07, 6.45) is 19.0. The summed E-state index contributed by atoms with van der Waals surface area (Å²) >= 11 is 0. The predicted molar refractivity (Wildman–Crippen MR) is 138 cm³/mol. The van der Waals surface area contributed by atoms with E-state index in [0.717, 1.165) is 77.7 Å². The minimum Gasteiger partial charge on any atom is -0.440 e. The van der Waals surface area contributed by atoms with Crippen LogP contribution in [0.15, 0.2) is 18.7 Å². The molecule has 3 aliphatic heterocycles. The van der Waals surface area contributed by atoms with Crippen molar-refractivity contribution in [2.75, 3.05) is 32.7 Å². The molecule has 2 amide bonds. The Kier molecular flexibility index (Phi) is 8.18. The molecule has 1 aromatic heterocycles. The van der Waals surface area contributed by atoms with E-state index >= 15 is 0 Å². The fraction of sp³-hybridized carbons (Fsp3) is 0.821. The average molecular weight is 500 g/mol. The minimum atomic E-state index is -0.307. The van der Waals surface area contributed by atoms with E-state index in [1.807, 2.05) is 15.7 Å². The molecule has 1 atom stereocenters. The van der Waals surface area contributed by atoms with E-state index in [2.05, 4.69) is 21.7 Å². The van der Waals surface area contributed by atoms with Gasteiger partial charge in [-0.05, 0) is 38.0 Å². The lowest BCUT2D eigenvalue weighted by atomic mass is 9.80. The number of amides is 2. The van der Waals surface area contributed by atoms with Crippen molar-refractivity contribution in [3.05, 3.63) is 18.7 Å². The van der Waals surface area contributed by atoms with E-state index < -0.39 is 0 Å². The molecule has 5 rings (SSSR count). The SMILES string of the molecule is CCCCC1N(CC2CCCCC2)C(=O)OC12CCN(C1CCN(C(=O)Cn3ccnc3)CC1)CC2. The van der Waals surface area contributed by atoms with Crippen LogP contribution in [0.4, 0.5) is 4.79 Å². The largest absolute Gasteiger partial charge is 0.440 e. The highest BCUT2D eigenvalue weighted by Gasteiger charge is 2.55. The number of carbonyl (C=O) groups is 2. The van der Waals surface area contributed by atoms with Crippen LogP contribution in [0.3, 0.4) is 0 Å². The van der Waals surface area contributed by atoms with Gasteiger partial charge >= 0.3 is 6.09 Å². The molecule has 0 radical (unpaired) electrons. The second-order valence-corrected chi connectivity index (χ2v) is 11.6.